The van der Waals surface area contributed by atoms with Crippen LogP contribution in [0.5, 0.6) is 0 Å². The van der Waals surface area contributed by atoms with Gasteiger partial charge in [-0.15, -0.1) is 0 Å². The van der Waals surface area contributed by atoms with Crippen LogP contribution in [0.1, 0.15) is 81.5 Å². The molecule has 2 N–H and O–H groups in total. The third-order valence-corrected chi connectivity index (χ3v) is 9.51. The van der Waals surface area contributed by atoms with Gasteiger partial charge < -0.3 is 14.9 Å². The summed E-state index contributed by atoms with van der Waals surface area (Å²) in [7, 11) is 0. The van der Waals surface area contributed by atoms with Gasteiger partial charge in [-0.25, -0.2) is 4.79 Å². The Kier molecular flexibility index (Phi) is 7.88. The van der Waals surface area contributed by atoms with Crippen molar-refractivity contribution in [3.63, 3.8) is 0 Å². The molecule has 0 spiro atoms. The number of benzene rings is 1. The molecule has 37 heavy (non-hydrogen) atoms. The second-order valence-corrected chi connectivity index (χ2v) is 12.0. The van der Waals surface area contributed by atoms with Crippen LogP contribution in [-0.2, 0) is 4.74 Å². The Labute approximate surface area is 221 Å². The van der Waals surface area contributed by atoms with E-state index >= 15 is 0 Å². The maximum Gasteiger partial charge on any atom is 0.338 e. The highest BCUT2D eigenvalue weighted by Gasteiger charge is 2.48. The Morgan fingerprint density at radius 3 is 2.70 bits per heavy atom. The molecule has 0 saturated heterocycles. The Hall–Kier alpha value is -2.43. The van der Waals surface area contributed by atoms with E-state index in [1.807, 2.05) is 30.3 Å². The van der Waals surface area contributed by atoms with Crippen LogP contribution in [0.2, 0.25) is 0 Å². The number of fused-ring (bicyclic) bond motifs is 1. The van der Waals surface area contributed by atoms with E-state index in [1.54, 1.807) is 0 Å². The standard InChI is InChI=1S/C33H42O4/c1-22-26(20-28(34)21-30(22)35)16-13-23-10-7-19-33(2)27(17-18-29(23)33)11-6-12-31(24-14-15-24)37-32(36)25-8-4-3-5-9-25/h3-6,8-9,12-13,16,24,27-31,34-35H,1,7,10-11,14-15,17-21H2,2H3/b12-6+,23-13+,26-16-. The fourth-order valence-corrected chi connectivity index (χ4v) is 7.06. The van der Waals surface area contributed by atoms with Gasteiger partial charge in [-0.2, -0.15) is 0 Å². The molecule has 198 valence electrons. The van der Waals surface area contributed by atoms with Gasteiger partial charge in [-0.3, -0.25) is 0 Å². The summed E-state index contributed by atoms with van der Waals surface area (Å²) < 4.78 is 5.90. The second-order valence-electron chi connectivity index (χ2n) is 12.0. The minimum atomic E-state index is -0.640. The van der Waals surface area contributed by atoms with Crippen molar-refractivity contribution in [2.45, 2.75) is 89.4 Å². The van der Waals surface area contributed by atoms with Gasteiger partial charge in [0.25, 0.3) is 0 Å². The topological polar surface area (TPSA) is 66.8 Å². The average molecular weight is 503 g/mol. The van der Waals surface area contributed by atoms with Crippen LogP contribution in [0, 0.1) is 23.2 Å². The summed E-state index contributed by atoms with van der Waals surface area (Å²) in [4.78, 5) is 12.6. The van der Waals surface area contributed by atoms with E-state index < -0.39 is 12.2 Å². The first-order valence-corrected chi connectivity index (χ1v) is 14.2. The van der Waals surface area contributed by atoms with Crippen LogP contribution in [0.25, 0.3) is 0 Å². The van der Waals surface area contributed by atoms with Crippen LogP contribution < -0.4 is 0 Å². The average Bonchev–Trinajstić information content (AvgIpc) is 3.68. The fourth-order valence-electron chi connectivity index (χ4n) is 7.06. The Bertz CT molecular complexity index is 1080. The summed E-state index contributed by atoms with van der Waals surface area (Å²) in [5.74, 6) is 1.44. The fraction of sp³-hybridized carbons (Fsp3) is 0.545. The summed E-state index contributed by atoms with van der Waals surface area (Å²) in [6.07, 6.45) is 17.8. The highest BCUT2D eigenvalue weighted by Crippen LogP contribution is 2.58. The molecule has 4 heteroatoms. The lowest BCUT2D eigenvalue weighted by molar-refractivity contribution is 0.0354. The quantitative estimate of drug-likeness (QED) is 0.321. The second kappa shape index (κ2) is 11.1. The van der Waals surface area contributed by atoms with Crippen LogP contribution in [0.3, 0.4) is 0 Å². The molecule has 4 saturated carbocycles. The van der Waals surface area contributed by atoms with Gasteiger partial charge in [0, 0.05) is 6.42 Å². The van der Waals surface area contributed by atoms with E-state index in [1.165, 1.54) is 31.3 Å². The summed E-state index contributed by atoms with van der Waals surface area (Å²) in [6.45, 7) is 6.55. The van der Waals surface area contributed by atoms with Crippen molar-refractivity contribution in [1.82, 2.24) is 0 Å². The maximum absolute atomic E-state index is 12.6. The number of aliphatic hydroxyl groups excluding tert-OH is 2. The zero-order valence-corrected chi connectivity index (χ0v) is 22.1. The predicted octanol–water partition coefficient (Wildman–Crippen LogP) is 6.71. The smallest absolute Gasteiger partial charge is 0.338 e. The molecule has 4 aliphatic rings. The number of carbonyl (C=O) groups is 1. The molecule has 5 rings (SSSR count). The van der Waals surface area contributed by atoms with Gasteiger partial charge in [0.2, 0.25) is 0 Å². The molecule has 4 nitrogen and oxygen atoms in total. The number of aliphatic hydroxyl groups is 2. The van der Waals surface area contributed by atoms with Crippen LogP contribution in [0.15, 0.2) is 77.9 Å². The molecule has 0 aromatic heterocycles. The van der Waals surface area contributed by atoms with Gasteiger partial charge in [0.05, 0.1) is 17.8 Å². The number of ether oxygens (including phenoxy) is 1. The monoisotopic (exact) mass is 502 g/mol. The first-order chi connectivity index (χ1) is 17.8. The van der Waals surface area contributed by atoms with E-state index in [4.69, 9.17) is 4.74 Å². The minimum Gasteiger partial charge on any atom is -0.454 e. The summed E-state index contributed by atoms with van der Waals surface area (Å²) >= 11 is 0. The number of hydrogen-bond donors (Lipinski definition) is 2. The molecular formula is C33H42O4. The number of allylic oxidation sites excluding steroid dienone is 4. The Morgan fingerprint density at radius 2 is 1.95 bits per heavy atom. The number of hydrogen-bond acceptors (Lipinski definition) is 4. The van der Waals surface area contributed by atoms with Crippen LogP contribution >= 0.6 is 0 Å². The van der Waals surface area contributed by atoms with Crippen molar-refractivity contribution in [1.29, 1.82) is 0 Å². The lowest BCUT2D eigenvalue weighted by atomic mass is 9.63. The zero-order chi connectivity index (χ0) is 26.0. The van der Waals surface area contributed by atoms with E-state index in [0.29, 0.717) is 36.2 Å². The first-order valence-electron chi connectivity index (χ1n) is 14.2. The number of carbonyl (C=O) groups excluding carboxylic acids is 1. The molecule has 6 unspecified atom stereocenters. The van der Waals surface area contributed by atoms with Crippen molar-refractivity contribution >= 4 is 5.97 Å². The molecule has 0 bridgehead atoms. The van der Waals surface area contributed by atoms with E-state index in [2.05, 4.69) is 37.8 Å². The molecular weight excluding hydrogens is 460 g/mol. The molecule has 4 fully saturated rings. The molecule has 0 radical (unpaired) electrons. The highest BCUT2D eigenvalue weighted by molar-refractivity contribution is 5.89. The van der Waals surface area contributed by atoms with Gasteiger partial charge in [0.15, 0.2) is 0 Å². The zero-order valence-electron chi connectivity index (χ0n) is 22.1. The SMILES string of the molecule is C=C1/C(=C\C=C2/CCCC3(C)C(C/C=C/C(OC(=O)c4ccccc4)C4CC4)CCC23)CC(O)CC1O. The van der Waals surface area contributed by atoms with Crippen molar-refractivity contribution < 1.29 is 19.7 Å². The molecule has 1 aromatic carbocycles. The normalized spacial score (nSPS) is 35.2. The molecule has 0 heterocycles. The number of esters is 1. The lowest BCUT2D eigenvalue weighted by Crippen LogP contribution is -2.33. The minimum absolute atomic E-state index is 0.125. The largest absolute Gasteiger partial charge is 0.454 e. The summed E-state index contributed by atoms with van der Waals surface area (Å²) in [5, 5.41) is 20.3. The third kappa shape index (κ3) is 5.86. The van der Waals surface area contributed by atoms with Gasteiger partial charge in [-0.05, 0) is 110 Å². The van der Waals surface area contributed by atoms with Crippen molar-refractivity contribution in [3.05, 3.63) is 83.5 Å². The summed E-state index contributed by atoms with van der Waals surface area (Å²) in [6, 6.07) is 9.28. The Morgan fingerprint density at radius 1 is 1.16 bits per heavy atom. The molecule has 1 aromatic rings. The van der Waals surface area contributed by atoms with Gasteiger partial charge in [0.1, 0.15) is 6.10 Å². The highest BCUT2D eigenvalue weighted by atomic mass is 16.5. The van der Waals surface area contributed by atoms with Crippen LogP contribution in [0.4, 0.5) is 0 Å². The van der Waals surface area contributed by atoms with Crippen molar-refractivity contribution in [2.75, 3.05) is 0 Å². The third-order valence-electron chi connectivity index (χ3n) is 9.51. The van der Waals surface area contributed by atoms with Crippen LogP contribution in [-0.4, -0.2) is 34.5 Å². The molecule has 0 aliphatic heterocycles. The van der Waals surface area contributed by atoms with Crippen molar-refractivity contribution in [2.24, 2.45) is 23.2 Å². The summed E-state index contributed by atoms with van der Waals surface area (Å²) in [5.41, 5.74) is 4.16. The predicted molar refractivity (Wildman–Crippen MR) is 147 cm³/mol. The molecule has 0 amide bonds. The first kappa shape index (κ1) is 26.2. The molecule has 6 atom stereocenters. The maximum atomic E-state index is 12.6. The van der Waals surface area contributed by atoms with E-state index in [9.17, 15) is 15.0 Å². The van der Waals surface area contributed by atoms with Gasteiger partial charge in [-0.1, -0.05) is 55.5 Å². The van der Waals surface area contributed by atoms with E-state index in [0.717, 1.165) is 36.8 Å². The van der Waals surface area contributed by atoms with E-state index in [-0.39, 0.29) is 17.5 Å². The molecule has 4 aliphatic carbocycles. The van der Waals surface area contributed by atoms with Gasteiger partial charge >= 0.3 is 5.97 Å². The Balaban J connectivity index is 1.23. The lowest BCUT2D eigenvalue weighted by Gasteiger charge is -2.42. The van der Waals surface area contributed by atoms with Crippen molar-refractivity contribution in [3.8, 4) is 0 Å². The number of rotatable bonds is 7.